The minimum absolute atomic E-state index is 0.0475. The second-order valence-electron chi connectivity index (χ2n) is 10.6. The van der Waals surface area contributed by atoms with Crippen molar-refractivity contribution in [3.05, 3.63) is 35.9 Å². The summed E-state index contributed by atoms with van der Waals surface area (Å²) < 4.78 is 5.52. The highest BCUT2D eigenvalue weighted by molar-refractivity contribution is 6.00. The molecule has 0 N–H and O–H groups in total. The summed E-state index contributed by atoms with van der Waals surface area (Å²) in [6.45, 7) is 3.77. The molecule has 2 saturated heterocycles. The highest BCUT2D eigenvalue weighted by Crippen LogP contribution is 2.39. The molecule has 1 spiro atoms. The highest BCUT2D eigenvalue weighted by atomic mass is 16.6. The van der Waals surface area contributed by atoms with E-state index < -0.39 is 5.54 Å². The number of unbranched alkanes of at least 4 members (excludes halogenated alkanes) is 1. The van der Waals surface area contributed by atoms with Crippen molar-refractivity contribution in [1.29, 1.82) is 0 Å². The molecule has 192 valence electrons. The Kier molecular flexibility index (Phi) is 8.34. The monoisotopic (exact) mass is 483 g/mol. The summed E-state index contributed by atoms with van der Waals surface area (Å²) in [5, 5.41) is 0. The van der Waals surface area contributed by atoms with Crippen LogP contribution in [0.5, 0.6) is 0 Å². The number of carbonyl (C=O) groups excluding carboxylic acids is 3. The standard InChI is InChI=1S/C28H41N3O4/c1-3-4-17-31-25(32)24(20-22-11-7-5-8-12-22)29(2)26(33)28(31)15-18-30(19-16-28)27(34)35-21-23-13-9-6-10-14-23/h6,9-10,13-14,22,24H,3-5,7-8,11-12,15-21H2,1-2H3. The van der Waals surface area contributed by atoms with Crippen LogP contribution in [0.4, 0.5) is 4.79 Å². The van der Waals surface area contributed by atoms with Gasteiger partial charge in [-0.25, -0.2) is 4.79 Å². The van der Waals surface area contributed by atoms with Gasteiger partial charge >= 0.3 is 6.09 Å². The molecule has 3 aliphatic rings. The maximum absolute atomic E-state index is 13.9. The molecular weight excluding hydrogens is 442 g/mol. The van der Waals surface area contributed by atoms with Gasteiger partial charge < -0.3 is 19.4 Å². The summed E-state index contributed by atoms with van der Waals surface area (Å²) in [6.07, 6.45) is 9.23. The van der Waals surface area contributed by atoms with Crippen molar-refractivity contribution in [2.45, 2.75) is 89.3 Å². The summed E-state index contributed by atoms with van der Waals surface area (Å²) in [6, 6.07) is 9.26. The molecule has 4 rings (SSSR count). The van der Waals surface area contributed by atoms with Gasteiger partial charge in [0.2, 0.25) is 11.8 Å². The summed E-state index contributed by atoms with van der Waals surface area (Å²) >= 11 is 0. The molecule has 3 amide bonds. The first kappa shape index (κ1) is 25.5. The van der Waals surface area contributed by atoms with Crippen molar-refractivity contribution < 1.29 is 19.1 Å². The van der Waals surface area contributed by atoms with Crippen molar-refractivity contribution in [3.8, 4) is 0 Å². The Hall–Kier alpha value is -2.57. The average molecular weight is 484 g/mol. The quantitative estimate of drug-likeness (QED) is 0.568. The predicted octanol–water partition coefficient (Wildman–Crippen LogP) is 4.60. The lowest BCUT2D eigenvalue weighted by Crippen LogP contribution is -2.73. The molecular formula is C28H41N3O4. The van der Waals surface area contributed by atoms with Crippen molar-refractivity contribution in [3.63, 3.8) is 0 Å². The fourth-order valence-electron chi connectivity index (χ4n) is 6.13. The number of hydrogen-bond acceptors (Lipinski definition) is 4. The number of likely N-dealkylation sites (N-methyl/N-ethyl adjacent to an activating group) is 1. The van der Waals surface area contributed by atoms with Crippen molar-refractivity contribution in [1.82, 2.24) is 14.7 Å². The minimum atomic E-state index is -0.847. The second-order valence-corrected chi connectivity index (χ2v) is 10.6. The molecule has 0 radical (unpaired) electrons. The Labute approximate surface area is 209 Å². The molecule has 1 aromatic rings. The topological polar surface area (TPSA) is 70.2 Å². The third-order valence-electron chi connectivity index (χ3n) is 8.32. The van der Waals surface area contributed by atoms with Crippen LogP contribution < -0.4 is 0 Å². The van der Waals surface area contributed by atoms with E-state index in [1.54, 1.807) is 9.80 Å². The van der Waals surface area contributed by atoms with E-state index in [1.165, 1.54) is 19.3 Å². The van der Waals surface area contributed by atoms with Crippen LogP contribution in [0.15, 0.2) is 30.3 Å². The van der Waals surface area contributed by atoms with Crippen molar-refractivity contribution in [2.75, 3.05) is 26.7 Å². The number of nitrogens with zero attached hydrogens (tertiary/aromatic N) is 3. The number of amides is 3. The molecule has 0 aromatic heterocycles. The van der Waals surface area contributed by atoms with Crippen LogP contribution in [0.3, 0.4) is 0 Å². The Morgan fingerprint density at radius 3 is 2.40 bits per heavy atom. The van der Waals surface area contributed by atoms with Gasteiger partial charge in [0.1, 0.15) is 18.2 Å². The van der Waals surface area contributed by atoms with Gasteiger partial charge in [-0.3, -0.25) is 9.59 Å². The summed E-state index contributed by atoms with van der Waals surface area (Å²) in [5.74, 6) is 0.675. The number of benzene rings is 1. The number of piperazine rings is 1. The molecule has 2 heterocycles. The van der Waals surface area contributed by atoms with E-state index in [2.05, 4.69) is 6.92 Å². The molecule has 3 fully saturated rings. The smallest absolute Gasteiger partial charge is 0.410 e. The SMILES string of the molecule is CCCCN1C(=O)C(CC2CCCCC2)N(C)C(=O)C12CCN(C(=O)OCc1ccccc1)CC2. The van der Waals surface area contributed by atoms with E-state index in [1.807, 2.05) is 42.3 Å². The Morgan fingerprint density at radius 1 is 1.06 bits per heavy atom. The molecule has 1 aromatic carbocycles. The molecule has 1 atom stereocenters. The lowest BCUT2D eigenvalue weighted by Gasteiger charge is -2.54. The van der Waals surface area contributed by atoms with E-state index >= 15 is 0 Å². The lowest BCUT2D eigenvalue weighted by atomic mass is 9.78. The maximum Gasteiger partial charge on any atom is 0.410 e. The number of hydrogen-bond donors (Lipinski definition) is 0. The first-order valence-corrected chi connectivity index (χ1v) is 13.5. The third-order valence-corrected chi connectivity index (χ3v) is 8.32. The van der Waals surface area contributed by atoms with E-state index in [9.17, 15) is 14.4 Å². The van der Waals surface area contributed by atoms with Gasteiger partial charge in [-0.1, -0.05) is 75.8 Å². The third kappa shape index (κ3) is 5.49. The van der Waals surface area contributed by atoms with Crippen LogP contribution in [-0.4, -0.2) is 70.9 Å². The van der Waals surface area contributed by atoms with Gasteiger partial charge in [0.25, 0.3) is 0 Å². The molecule has 7 nitrogen and oxygen atoms in total. The lowest BCUT2D eigenvalue weighted by molar-refractivity contribution is -0.174. The van der Waals surface area contributed by atoms with Gasteiger partial charge in [-0.15, -0.1) is 0 Å². The first-order chi connectivity index (χ1) is 17.0. The molecule has 0 bridgehead atoms. The van der Waals surface area contributed by atoms with Gasteiger partial charge in [0.15, 0.2) is 0 Å². The van der Waals surface area contributed by atoms with Crippen LogP contribution in [0, 0.1) is 5.92 Å². The zero-order valence-electron chi connectivity index (χ0n) is 21.4. The van der Waals surface area contributed by atoms with Gasteiger partial charge in [-0.2, -0.15) is 0 Å². The van der Waals surface area contributed by atoms with Crippen molar-refractivity contribution >= 4 is 17.9 Å². The summed E-state index contributed by atoms with van der Waals surface area (Å²) in [4.78, 5) is 45.7. The Morgan fingerprint density at radius 2 is 1.74 bits per heavy atom. The van der Waals surface area contributed by atoms with Crippen LogP contribution >= 0.6 is 0 Å². The Balaban J connectivity index is 1.43. The van der Waals surface area contributed by atoms with E-state index in [0.717, 1.165) is 37.7 Å². The largest absolute Gasteiger partial charge is 0.445 e. The number of rotatable bonds is 7. The van der Waals surface area contributed by atoms with E-state index in [4.69, 9.17) is 4.74 Å². The van der Waals surface area contributed by atoms with Gasteiger partial charge in [-0.05, 0) is 37.2 Å². The zero-order valence-corrected chi connectivity index (χ0v) is 21.4. The number of piperidine rings is 1. The zero-order chi connectivity index (χ0) is 24.8. The average Bonchev–Trinajstić information content (AvgIpc) is 2.90. The molecule has 2 aliphatic heterocycles. The maximum atomic E-state index is 13.9. The van der Waals surface area contributed by atoms with Crippen LogP contribution in [0.2, 0.25) is 0 Å². The molecule has 1 saturated carbocycles. The van der Waals surface area contributed by atoms with Crippen molar-refractivity contribution in [2.24, 2.45) is 5.92 Å². The highest BCUT2D eigenvalue weighted by Gasteiger charge is 2.56. The minimum Gasteiger partial charge on any atom is -0.445 e. The summed E-state index contributed by atoms with van der Waals surface area (Å²) in [7, 11) is 1.81. The van der Waals surface area contributed by atoms with Crippen LogP contribution in [0.1, 0.15) is 76.7 Å². The molecule has 7 heteroatoms. The van der Waals surface area contributed by atoms with Crippen LogP contribution in [0.25, 0.3) is 0 Å². The predicted molar refractivity (Wildman–Crippen MR) is 135 cm³/mol. The molecule has 35 heavy (non-hydrogen) atoms. The summed E-state index contributed by atoms with van der Waals surface area (Å²) in [5.41, 5.74) is 0.0963. The van der Waals surface area contributed by atoms with E-state index in [0.29, 0.717) is 38.4 Å². The van der Waals surface area contributed by atoms with E-state index in [-0.39, 0.29) is 30.6 Å². The van der Waals surface area contributed by atoms with Crippen LogP contribution in [-0.2, 0) is 20.9 Å². The fraction of sp³-hybridized carbons (Fsp3) is 0.679. The fourth-order valence-corrected chi connectivity index (χ4v) is 6.13. The molecule has 1 aliphatic carbocycles. The number of ether oxygens (including phenoxy) is 1. The number of likely N-dealkylation sites (tertiary alicyclic amines) is 1. The first-order valence-electron chi connectivity index (χ1n) is 13.5. The second kappa shape index (κ2) is 11.4. The van der Waals surface area contributed by atoms with Gasteiger partial charge in [0.05, 0.1) is 0 Å². The normalized spacial score (nSPS) is 23.1. The number of carbonyl (C=O) groups is 3. The Bertz CT molecular complexity index is 875. The van der Waals surface area contributed by atoms with Gasteiger partial charge in [0, 0.05) is 26.7 Å². The molecule has 1 unspecified atom stereocenters.